The molecular formula is C13H20BrNO2. The molecule has 0 fully saturated rings. The first-order valence-electron chi connectivity index (χ1n) is 5.75. The third kappa shape index (κ3) is 4.66. The number of nitrogens with two attached hydrogens (primary N) is 1. The van der Waals surface area contributed by atoms with E-state index in [1.165, 1.54) is 0 Å². The van der Waals surface area contributed by atoms with Gasteiger partial charge in [-0.1, -0.05) is 22.0 Å². The van der Waals surface area contributed by atoms with Crippen molar-refractivity contribution in [2.75, 3.05) is 13.7 Å². The molecule has 0 saturated carbocycles. The zero-order chi connectivity index (χ0) is 12.8. The van der Waals surface area contributed by atoms with Crippen molar-refractivity contribution in [1.82, 2.24) is 0 Å². The van der Waals surface area contributed by atoms with Gasteiger partial charge in [0.1, 0.15) is 5.75 Å². The maximum Gasteiger partial charge on any atom is 0.125 e. The average molecular weight is 302 g/mol. The molecule has 1 unspecified atom stereocenters. The van der Waals surface area contributed by atoms with Gasteiger partial charge in [-0.05, 0) is 26.0 Å². The lowest BCUT2D eigenvalue weighted by Gasteiger charge is -2.19. The molecule has 1 aromatic rings. The van der Waals surface area contributed by atoms with E-state index in [0.29, 0.717) is 6.61 Å². The van der Waals surface area contributed by atoms with Crippen LogP contribution < -0.4 is 10.5 Å². The second kappa shape index (κ2) is 6.99. The van der Waals surface area contributed by atoms with E-state index in [-0.39, 0.29) is 12.1 Å². The minimum absolute atomic E-state index is 0.0345. The van der Waals surface area contributed by atoms with Crippen LogP contribution in [0, 0.1) is 0 Å². The van der Waals surface area contributed by atoms with Crippen molar-refractivity contribution in [2.45, 2.75) is 32.4 Å². The van der Waals surface area contributed by atoms with Gasteiger partial charge in [-0.15, -0.1) is 0 Å². The summed E-state index contributed by atoms with van der Waals surface area (Å²) in [6.45, 7) is 4.68. The number of hydrogen-bond donors (Lipinski definition) is 1. The van der Waals surface area contributed by atoms with Crippen LogP contribution in [0.25, 0.3) is 0 Å². The minimum Gasteiger partial charge on any atom is -0.490 e. The molecule has 0 aliphatic rings. The van der Waals surface area contributed by atoms with Gasteiger partial charge in [0.15, 0.2) is 0 Å². The summed E-state index contributed by atoms with van der Waals surface area (Å²) in [4.78, 5) is 0. The van der Waals surface area contributed by atoms with Crippen LogP contribution in [-0.4, -0.2) is 19.8 Å². The second-order valence-corrected chi connectivity index (χ2v) is 5.10. The molecule has 4 heteroatoms. The van der Waals surface area contributed by atoms with Gasteiger partial charge in [0.2, 0.25) is 0 Å². The van der Waals surface area contributed by atoms with E-state index in [1.807, 2.05) is 32.0 Å². The Hall–Kier alpha value is -0.580. The van der Waals surface area contributed by atoms with Crippen molar-refractivity contribution in [3.8, 4) is 5.75 Å². The highest BCUT2D eigenvalue weighted by molar-refractivity contribution is 9.10. The van der Waals surface area contributed by atoms with Crippen molar-refractivity contribution in [2.24, 2.45) is 5.73 Å². The van der Waals surface area contributed by atoms with Crippen LogP contribution in [0.4, 0.5) is 0 Å². The van der Waals surface area contributed by atoms with E-state index in [2.05, 4.69) is 15.9 Å². The van der Waals surface area contributed by atoms with Crippen LogP contribution in [-0.2, 0) is 4.74 Å². The molecule has 0 aromatic heterocycles. The van der Waals surface area contributed by atoms with Gasteiger partial charge in [0.25, 0.3) is 0 Å². The minimum atomic E-state index is -0.0345. The fraction of sp³-hybridized carbons (Fsp3) is 0.538. The third-order valence-electron chi connectivity index (χ3n) is 2.52. The highest BCUT2D eigenvalue weighted by atomic mass is 79.9. The van der Waals surface area contributed by atoms with Crippen molar-refractivity contribution in [3.63, 3.8) is 0 Å². The molecular weight excluding hydrogens is 282 g/mol. The fourth-order valence-electron chi connectivity index (χ4n) is 1.55. The van der Waals surface area contributed by atoms with Gasteiger partial charge >= 0.3 is 0 Å². The zero-order valence-electron chi connectivity index (χ0n) is 10.6. The van der Waals surface area contributed by atoms with Gasteiger partial charge < -0.3 is 15.2 Å². The Morgan fingerprint density at radius 1 is 1.35 bits per heavy atom. The molecule has 0 saturated heterocycles. The quantitative estimate of drug-likeness (QED) is 0.877. The number of benzene rings is 1. The summed E-state index contributed by atoms with van der Waals surface area (Å²) in [5.74, 6) is 0.845. The van der Waals surface area contributed by atoms with Gasteiger partial charge in [-0.3, -0.25) is 0 Å². The van der Waals surface area contributed by atoms with Crippen LogP contribution in [0.3, 0.4) is 0 Å². The molecule has 0 spiro atoms. The smallest absolute Gasteiger partial charge is 0.125 e. The second-order valence-electron chi connectivity index (χ2n) is 4.18. The molecule has 0 amide bonds. The molecule has 0 aliphatic carbocycles. The number of methoxy groups -OCH3 is 1. The van der Waals surface area contributed by atoms with Gasteiger partial charge in [0, 0.05) is 36.2 Å². The molecule has 1 rings (SSSR count). The fourth-order valence-corrected chi connectivity index (χ4v) is 1.89. The van der Waals surface area contributed by atoms with E-state index in [9.17, 15) is 0 Å². The average Bonchev–Trinajstić information content (AvgIpc) is 2.26. The first-order chi connectivity index (χ1) is 8.04. The lowest BCUT2D eigenvalue weighted by atomic mass is 10.1. The third-order valence-corrected chi connectivity index (χ3v) is 3.02. The summed E-state index contributed by atoms with van der Waals surface area (Å²) in [6, 6.07) is 5.90. The topological polar surface area (TPSA) is 44.5 Å². The van der Waals surface area contributed by atoms with Crippen molar-refractivity contribution >= 4 is 15.9 Å². The maximum atomic E-state index is 5.92. The number of halogens is 1. The summed E-state index contributed by atoms with van der Waals surface area (Å²) >= 11 is 3.44. The molecule has 0 heterocycles. The lowest BCUT2D eigenvalue weighted by Crippen LogP contribution is -2.16. The van der Waals surface area contributed by atoms with Gasteiger partial charge in [-0.25, -0.2) is 0 Å². The number of rotatable bonds is 6. The van der Waals surface area contributed by atoms with E-state index < -0.39 is 0 Å². The Bertz CT molecular complexity index is 355. The summed E-state index contributed by atoms with van der Waals surface area (Å²) in [6.07, 6.45) is 0.975. The maximum absolute atomic E-state index is 5.92. The molecule has 17 heavy (non-hydrogen) atoms. The van der Waals surface area contributed by atoms with Crippen LogP contribution in [0.5, 0.6) is 5.75 Å². The molecule has 3 nitrogen and oxygen atoms in total. The summed E-state index contributed by atoms with van der Waals surface area (Å²) < 4.78 is 11.9. The Morgan fingerprint density at radius 3 is 2.65 bits per heavy atom. The molecule has 96 valence electrons. The first-order valence-corrected chi connectivity index (χ1v) is 6.54. The highest BCUT2D eigenvalue weighted by Crippen LogP contribution is 2.28. The van der Waals surface area contributed by atoms with E-state index in [4.69, 9.17) is 15.2 Å². The Morgan fingerprint density at radius 2 is 2.06 bits per heavy atom. The van der Waals surface area contributed by atoms with Gasteiger partial charge in [-0.2, -0.15) is 0 Å². The van der Waals surface area contributed by atoms with E-state index >= 15 is 0 Å². The molecule has 2 N–H and O–H groups in total. The summed E-state index contributed by atoms with van der Waals surface area (Å²) in [7, 11) is 1.69. The standard InChI is InChI=1S/C13H20BrNO2/c1-9(6-7-16-3)17-13-8-11(14)4-5-12(13)10(2)15/h4-5,8-10H,6-7,15H2,1-3H3/t9?,10-/m1/s1. The van der Waals surface area contributed by atoms with E-state index in [1.54, 1.807) is 7.11 Å². The van der Waals surface area contributed by atoms with Crippen LogP contribution in [0.2, 0.25) is 0 Å². The van der Waals surface area contributed by atoms with Crippen LogP contribution in [0.15, 0.2) is 22.7 Å². The monoisotopic (exact) mass is 301 g/mol. The summed E-state index contributed by atoms with van der Waals surface area (Å²) in [5.41, 5.74) is 6.95. The normalized spacial score (nSPS) is 14.4. The zero-order valence-corrected chi connectivity index (χ0v) is 12.2. The highest BCUT2D eigenvalue weighted by Gasteiger charge is 2.11. The van der Waals surface area contributed by atoms with E-state index in [0.717, 1.165) is 22.2 Å². The largest absolute Gasteiger partial charge is 0.490 e. The molecule has 1 aromatic carbocycles. The SMILES string of the molecule is COCCC(C)Oc1cc(Br)ccc1[C@@H](C)N. The molecule has 0 radical (unpaired) electrons. The predicted octanol–water partition coefficient (Wildman–Crippen LogP) is 3.27. The Labute approximate surface area is 111 Å². The Balaban J connectivity index is 2.77. The van der Waals surface area contributed by atoms with Crippen molar-refractivity contribution < 1.29 is 9.47 Å². The van der Waals surface area contributed by atoms with Crippen molar-refractivity contribution in [3.05, 3.63) is 28.2 Å². The Kier molecular flexibility index (Phi) is 5.95. The molecule has 2 atom stereocenters. The summed E-state index contributed by atoms with van der Waals surface area (Å²) in [5, 5.41) is 0. The number of hydrogen-bond acceptors (Lipinski definition) is 3. The van der Waals surface area contributed by atoms with Gasteiger partial charge in [0.05, 0.1) is 6.10 Å². The molecule has 0 aliphatic heterocycles. The van der Waals surface area contributed by atoms with Crippen molar-refractivity contribution in [1.29, 1.82) is 0 Å². The lowest BCUT2D eigenvalue weighted by molar-refractivity contribution is 0.134. The number of ether oxygens (including phenoxy) is 2. The van der Waals surface area contributed by atoms with Crippen LogP contribution in [0.1, 0.15) is 31.9 Å². The van der Waals surface area contributed by atoms with Crippen LogP contribution >= 0.6 is 15.9 Å². The predicted molar refractivity (Wildman–Crippen MR) is 73.3 cm³/mol. The molecule has 0 bridgehead atoms. The first kappa shape index (κ1) is 14.5.